The Balaban J connectivity index is 1.66. The first-order valence-corrected chi connectivity index (χ1v) is 9.76. The maximum absolute atomic E-state index is 12.7. The van der Waals surface area contributed by atoms with Gasteiger partial charge in [-0.1, -0.05) is 0 Å². The van der Waals surface area contributed by atoms with Gasteiger partial charge in [0, 0.05) is 31.7 Å². The molecule has 1 N–H and O–H groups in total. The van der Waals surface area contributed by atoms with Crippen LogP contribution in [-0.2, 0) is 16.6 Å². The molecule has 2 heterocycles. The van der Waals surface area contributed by atoms with Crippen LogP contribution in [0.15, 0.2) is 15.7 Å². The summed E-state index contributed by atoms with van der Waals surface area (Å²) in [5, 5.41) is 5.38. The monoisotopic (exact) mass is 329 g/mol. The largest absolute Gasteiger partial charge is 0.310 e. The van der Waals surface area contributed by atoms with Gasteiger partial charge < -0.3 is 10.2 Å². The van der Waals surface area contributed by atoms with Crippen LogP contribution in [0, 0.1) is 0 Å². The van der Waals surface area contributed by atoms with E-state index in [9.17, 15) is 8.42 Å². The fourth-order valence-electron chi connectivity index (χ4n) is 2.61. The molecule has 7 heteroatoms. The number of sulfonamides is 1. The molecule has 1 unspecified atom stereocenters. The first-order valence-electron chi connectivity index (χ1n) is 7.44. The minimum Gasteiger partial charge on any atom is -0.310 e. The molecular weight excluding hydrogens is 306 g/mol. The SMILES string of the molecule is CN(C)C1CCN(S(=O)(=O)c2cc(CNC3CC3)cs2)C1. The van der Waals surface area contributed by atoms with E-state index in [0.29, 0.717) is 29.4 Å². The smallest absolute Gasteiger partial charge is 0.252 e. The van der Waals surface area contributed by atoms with Crippen molar-refractivity contribution < 1.29 is 8.42 Å². The van der Waals surface area contributed by atoms with Crippen LogP contribution in [-0.4, -0.2) is 56.9 Å². The number of rotatable bonds is 6. The molecule has 118 valence electrons. The van der Waals surface area contributed by atoms with E-state index >= 15 is 0 Å². The van der Waals surface area contributed by atoms with Crippen molar-refractivity contribution in [3.05, 3.63) is 17.0 Å². The highest BCUT2D eigenvalue weighted by atomic mass is 32.2. The van der Waals surface area contributed by atoms with Crippen LogP contribution in [0.2, 0.25) is 0 Å². The van der Waals surface area contributed by atoms with Crippen LogP contribution in [0.1, 0.15) is 24.8 Å². The summed E-state index contributed by atoms with van der Waals surface area (Å²) in [7, 11) is 0.705. The Labute approximate surface area is 131 Å². The zero-order valence-corrected chi connectivity index (χ0v) is 14.2. The Morgan fingerprint density at radius 2 is 2.14 bits per heavy atom. The highest BCUT2D eigenvalue weighted by Crippen LogP contribution is 2.28. The molecule has 1 saturated carbocycles. The summed E-state index contributed by atoms with van der Waals surface area (Å²) in [6.45, 7) is 2.00. The summed E-state index contributed by atoms with van der Waals surface area (Å²) in [5.41, 5.74) is 1.08. The van der Waals surface area contributed by atoms with Gasteiger partial charge in [0.05, 0.1) is 0 Å². The van der Waals surface area contributed by atoms with E-state index in [1.54, 1.807) is 4.31 Å². The second-order valence-corrected chi connectivity index (χ2v) is 9.27. The van der Waals surface area contributed by atoms with Crippen LogP contribution in [0.25, 0.3) is 0 Å². The van der Waals surface area contributed by atoms with Crippen LogP contribution in [0.4, 0.5) is 0 Å². The van der Waals surface area contributed by atoms with Gasteiger partial charge in [0.15, 0.2) is 0 Å². The average Bonchev–Trinajstić information content (AvgIpc) is 2.96. The number of hydrogen-bond donors (Lipinski definition) is 1. The second-order valence-electron chi connectivity index (χ2n) is 6.20. The van der Waals surface area contributed by atoms with Gasteiger partial charge in [-0.15, -0.1) is 11.3 Å². The summed E-state index contributed by atoms with van der Waals surface area (Å²) in [5.74, 6) is 0. The molecule has 3 rings (SSSR count). The van der Waals surface area contributed by atoms with E-state index in [-0.39, 0.29) is 0 Å². The first-order chi connectivity index (χ1) is 9.96. The van der Waals surface area contributed by atoms with Crippen molar-refractivity contribution in [2.75, 3.05) is 27.2 Å². The van der Waals surface area contributed by atoms with Crippen molar-refractivity contribution in [1.82, 2.24) is 14.5 Å². The van der Waals surface area contributed by atoms with Crippen molar-refractivity contribution in [2.24, 2.45) is 0 Å². The predicted molar refractivity (Wildman–Crippen MR) is 85.0 cm³/mol. The zero-order valence-electron chi connectivity index (χ0n) is 12.6. The lowest BCUT2D eigenvalue weighted by atomic mass is 10.2. The highest BCUT2D eigenvalue weighted by Gasteiger charge is 2.34. The predicted octanol–water partition coefficient (Wildman–Crippen LogP) is 1.32. The van der Waals surface area contributed by atoms with E-state index in [2.05, 4.69) is 10.2 Å². The Hall–Kier alpha value is -0.470. The van der Waals surface area contributed by atoms with E-state index in [1.165, 1.54) is 24.2 Å². The van der Waals surface area contributed by atoms with Gasteiger partial charge in [0.25, 0.3) is 10.0 Å². The van der Waals surface area contributed by atoms with Gasteiger partial charge in [0.1, 0.15) is 4.21 Å². The van der Waals surface area contributed by atoms with Crippen LogP contribution in [0.3, 0.4) is 0 Å². The summed E-state index contributed by atoms with van der Waals surface area (Å²) in [4.78, 5) is 2.11. The summed E-state index contributed by atoms with van der Waals surface area (Å²) in [6.07, 6.45) is 3.40. The topological polar surface area (TPSA) is 52.7 Å². The first kappa shape index (κ1) is 15.4. The Morgan fingerprint density at radius 3 is 2.76 bits per heavy atom. The lowest BCUT2D eigenvalue weighted by Gasteiger charge is -2.19. The van der Waals surface area contributed by atoms with Gasteiger partial charge in [-0.3, -0.25) is 0 Å². The molecule has 1 aromatic rings. The summed E-state index contributed by atoms with van der Waals surface area (Å²) in [6, 6.07) is 2.80. The van der Waals surface area contributed by atoms with Crippen molar-refractivity contribution in [1.29, 1.82) is 0 Å². The molecule has 5 nitrogen and oxygen atoms in total. The maximum Gasteiger partial charge on any atom is 0.252 e. The third kappa shape index (κ3) is 3.48. The van der Waals surface area contributed by atoms with E-state index in [1.807, 2.05) is 25.5 Å². The van der Waals surface area contributed by atoms with Crippen molar-refractivity contribution >= 4 is 21.4 Å². The number of thiophene rings is 1. The lowest BCUT2D eigenvalue weighted by molar-refractivity contribution is 0.302. The van der Waals surface area contributed by atoms with Crippen LogP contribution in [0.5, 0.6) is 0 Å². The molecule has 0 radical (unpaired) electrons. The fourth-order valence-corrected chi connectivity index (χ4v) is 5.46. The lowest BCUT2D eigenvalue weighted by Crippen LogP contribution is -2.34. The average molecular weight is 329 g/mol. The molecule has 0 amide bonds. The molecule has 2 aliphatic rings. The number of nitrogens with zero attached hydrogens (tertiary/aromatic N) is 2. The normalized spacial score (nSPS) is 24.0. The summed E-state index contributed by atoms with van der Waals surface area (Å²) >= 11 is 1.34. The quantitative estimate of drug-likeness (QED) is 0.855. The number of nitrogens with one attached hydrogen (secondary N) is 1. The number of hydrogen-bond acceptors (Lipinski definition) is 5. The third-order valence-electron chi connectivity index (χ3n) is 4.25. The molecule has 0 aromatic carbocycles. The molecule has 21 heavy (non-hydrogen) atoms. The zero-order chi connectivity index (χ0) is 15.0. The molecule has 1 atom stereocenters. The molecule has 0 bridgehead atoms. The molecule has 0 spiro atoms. The van der Waals surface area contributed by atoms with E-state index in [4.69, 9.17) is 0 Å². The minimum absolute atomic E-state index is 0.329. The molecule has 1 saturated heterocycles. The van der Waals surface area contributed by atoms with Gasteiger partial charge in [-0.05, 0) is 50.4 Å². The van der Waals surface area contributed by atoms with Gasteiger partial charge in [-0.2, -0.15) is 4.31 Å². The van der Waals surface area contributed by atoms with E-state index < -0.39 is 10.0 Å². The standard InChI is InChI=1S/C14H23N3O2S2/c1-16(2)13-5-6-17(9-13)21(18,19)14-7-11(10-20-14)8-15-12-3-4-12/h7,10,12-13,15H,3-6,8-9H2,1-2H3. The molecular formula is C14H23N3O2S2. The molecule has 2 fully saturated rings. The maximum atomic E-state index is 12.7. The van der Waals surface area contributed by atoms with Crippen molar-refractivity contribution in [3.8, 4) is 0 Å². The van der Waals surface area contributed by atoms with Crippen molar-refractivity contribution in [3.63, 3.8) is 0 Å². The van der Waals surface area contributed by atoms with Crippen molar-refractivity contribution in [2.45, 2.75) is 42.1 Å². The fraction of sp³-hybridized carbons (Fsp3) is 0.714. The molecule has 1 aliphatic carbocycles. The van der Waals surface area contributed by atoms with Gasteiger partial charge >= 0.3 is 0 Å². The van der Waals surface area contributed by atoms with Crippen LogP contribution < -0.4 is 5.32 Å². The highest BCUT2D eigenvalue weighted by molar-refractivity contribution is 7.91. The Kier molecular flexibility index (Phi) is 4.38. The summed E-state index contributed by atoms with van der Waals surface area (Å²) < 4.78 is 27.4. The molecule has 1 aliphatic heterocycles. The Bertz CT molecular complexity index is 593. The van der Waals surface area contributed by atoms with Gasteiger partial charge in [-0.25, -0.2) is 8.42 Å². The van der Waals surface area contributed by atoms with E-state index in [0.717, 1.165) is 18.5 Å². The van der Waals surface area contributed by atoms with Crippen LogP contribution >= 0.6 is 11.3 Å². The third-order valence-corrected chi connectivity index (χ3v) is 7.58. The number of likely N-dealkylation sites (N-methyl/N-ethyl adjacent to an activating group) is 1. The minimum atomic E-state index is -3.31. The van der Waals surface area contributed by atoms with Gasteiger partial charge in [0.2, 0.25) is 0 Å². The second kappa shape index (κ2) is 5.96. The Morgan fingerprint density at radius 1 is 1.38 bits per heavy atom. The molecule has 1 aromatic heterocycles.